The van der Waals surface area contributed by atoms with Gasteiger partial charge in [-0.05, 0) is 42.5 Å². The molecule has 0 fully saturated rings. The molecule has 6 nitrogen and oxygen atoms in total. The molecule has 0 saturated carbocycles. The van der Waals surface area contributed by atoms with Gasteiger partial charge < -0.3 is 8.92 Å². The Morgan fingerprint density at radius 2 is 1.58 bits per heavy atom. The Hall–Kier alpha value is -3.00. The molecule has 0 aliphatic carbocycles. The van der Waals surface area contributed by atoms with Gasteiger partial charge in [-0.25, -0.2) is 0 Å². The Morgan fingerprint density at radius 1 is 0.871 bits per heavy atom. The summed E-state index contributed by atoms with van der Waals surface area (Å²) in [4.78, 5) is -0.0172. The van der Waals surface area contributed by atoms with Crippen molar-refractivity contribution in [2.75, 3.05) is 7.11 Å². The highest BCUT2D eigenvalue weighted by molar-refractivity contribution is 7.87. The molecule has 31 heavy (non-hydrogen) atoms. The third-order valence-corrected chi connectivity index (χ3v) is 6.42. The quantitative estimate of drug-likeness (QED) is 0.339. The summed E-state index contributed by atoms with van der Waals surface area (Å²) in [7, 11) is -2.63. The highest BCUT2D eigenvalue weighted by atomic mass is 35.5. The molecule has 0 aliphatic rings. The van der Waals surface area contributed by atoms with E-state index in [1.807, 2.05) is 30.3 Å². The Morgan fingerprint density at radius 3 is 2.23 bits per heavy atom. The van der Waals surface area contributed by atoms with Crippen molar-refractivity contribution in [3.63, 3.8) is 0 Å². The normalized spacial score (nSPS) is 11.3. The number of methoxy groups -OCH3 is 1. The molecule has 0 bridgehead atoms. The van der Waals surface area contributed by atoms with Crippen LogP contribution in [0.2, 0.25) is 10.0 Å². The van der Waals surface area contributed by atoms with E-state index in [0.29, 0.717) is 27.2 Å². The summed E-state index contributed by atoms with van der Waals surface area (Å²) in [6.07, 6.45) is 0. The number of benzene rings is 3. The Labute approximate surface area is 189 Å². The summed E-state index contributed by atoms with van der Waals surface area (Å²) in [5.41, 5.74) is 1.83. The number of aromatic nitrogens is 2. The molecule has 4 aromatic rings. The van der Waals surface area contributed by atoms with Gasteiger partial charge in [0.1, 0.15) is 10.6 Å². The van der Waals surface area contributed by atoms with Crippen molar-refractivity contribution in [3.05, 3.63) is 88.9 Å². The van der Waals surface area contributed by atoms with Crippen molar-refractivity contribution in [1.29, 1.82) is 0 Å². The second-order valence-electron chi connectivity index (χ2n) is 6.46. The molecule has 3 aromatic carbocycles. The first-order chi connectivity index (χ1) is 14.9. The zero-order valence-electron chi connectivity index (χ0n) is 16.2. The number of rotatable bonds is 6. The van der Waals surface area contributed by atoms with Gasteiger partial charge in [0.25, 0.3) is 0 Å². The van der Waals surface area contributed by atoms with Gasteiger partial charge in [-0.3, -0.25) is 0 Å². The lowest BCUT2D eigenvalue weighted by Crippen LogP contribution is -2.12. The van der Waals surface area contributed by atoms with Crippen LogP contribution in [-0.4, -0.2) is 25.3 Å². The summed E-state index contributed by atoms with van der Waals surface area (Å²) in [5, 5.41) is 5.21. The third kappa shape index (κ3) is 4.54. The highest BCUT2D eigenvalue weighted by Crippen LogP contribution is 2.31. The minimum absolute atomic E-state index is 0.00746. The number of ether oxygens (including phenoxy) is 1. The summed E-state index contributed by atoms with van der Waals surface area (Å²) < 4.78 is 37.7. The van der Waals surface area contributed by atoms with Crippen molar-refractivity contribution < 1.29 is 17.3 Å². The van der Waals surface area contributed by atoms with Crippen LogP contribution in [0, 0.1) is 0 Å². The average molecular weight is 475 g/mol. The molecule has 0 radical (unpaired) electrons. The van der Waals surface area contributed by atoms with Crippen LogP contribution in [0.25, 0.3) is 16.9 Å². The second kappa shape index (κ2) is 8.63. The fourth-order valence-corrected chi connectivity index (χ4v) is 4.08. The second-order valence-corrected chi connectivity index (χ2v) is 8.82. The maximum absolute atomic E-state index is 12.9. The maximum atomic E-state index is 12.9. The van der Waals surface area contributed by atoms with Crippen LogP contribution in [0.3, 0.4) is 0 Å². The van der Waals surface area contributed by atoms with Crippen LogP contribution in [-0.2, 0) is 10.1 Å². The van der Waals surface area contributed by atoms with Crippen LogP contribution in [0.4, 0.5) is 0 Å². The fraction of sp³-hybridized carbons (Fsp3) is 0.0455. The Bertz CT molecular complexity index is 1320. The predicted molar refractivity (Wildman–Crippen MR) is 120 cm³/mol. The topological polar surface area (TPSA) is 70.4 Å². The molecule has 1 heterocycles. The van der Waals surface area contributed by atoms with E-state index in [1.54, 1.807) is 36.4 Å². The standard InChI is InChI=1S/C22H16Cl2N2O4S/c1-29-17-8-10-18(11-9-17)31(27,28)30-22-14-21(15-5-3-2-4-6-15)25-26(22)16-7-12-19(23)20(24)13-16/h2-14H,1H3. The molecule has 0 atom stereocenters. The molecule has 1 aromatic heterocycles. The van der Waals surface area contributed by atoms with E-state index >= 15 is 0 Å². The fourth-order valence-electron chi connectivity index (χ4n) is 2.88. The Balaban J connectivity index is 1.79. The molecule has 0 N–H and O–H groups in total. The first-order valence-corrected chi connectivity index (χ1v) is 11.2. The van der Waals surface area contributed by atoms with Gasteiger partial charge >= 0.3 is 10.1 Å². The lowest BCUT2D eigenvalue weighted by Gasteiger charge is -2.10. The third-order valence-electron chi connectivity index (χ3n) is 4.44. The molecule has 158 valence electrons. The summed E-state index contributed by atoms with van der Waals surface area (Å²) in [6, 6.07) is 21.6. The van der Waals surface area contributed by atoms with E-state index in [0.717, 1.165) is 5.56 Å². The molecular formula is C22H16Cl2N2O4S. The van der Waals surface area contributed by atoms with E-state index in [9.17, 15) is 8.42 Å². The van der Waals surface area contributed by atoms with E-state index in [-0.39, 0.29) is 10.8 Å². The van der Waals surface area contributed by atoms with Crippen LogP contribution in [0.15, 0.2) is 83.8 Å². The number of hydrogen-bond acceptors (Lipinski definition) is 5. The number of nitrogens with zero attached hydrogens (tertiary/aromatic N) is 2. The number of halogens is 2. The molecule has 0 spiro atoms. The summed E-state index contributed by atoms with van der Waals surface area (Å²) >= 11 is 12.2. The molecule has 0 saturated heterocycles. The first kappa shape index (κ1) is 21.2. The maximum Gasteiger partial charge on any atom is 0.340 e. The highest BCUT2D eigenvalue weighted by Gasteiger charge is 2.22. The van der Waals surface area contributed by atoms with Crippen molar-refractivity contribution >= 4 is 33.3 Å². The molecule has 0 amide bonds. The summed E-state index contributed by atoms with van der Waals surface area (Å²) in [6.45, 7) is 0. The van der Waals surface area contributed by atoms with Gasteiger partial charge in [0.2, 0.25) is 5.88 Å². The molecule has 0 aliphatic heterocycles. The minimum Gasteiger partial charge on any atom is -0.497 e. The van der Waals surface area contributed by atoms with Crippen molar-refractivity contribution in [3.8, 4) is 28.6 Å². The average Bonchev–Trinajstić information content (AvgIpc) is 3.19. The molecule has 0 unspecified atom stereocenters. The monoisotopic (exact) mass is 474 g/mol. The lowest BCUT2D eigenvalue weighted by molar-refractivity contribution is 0.414. The van der Waals surface area contributed by atoms with Gasteiger partial charge in [-0.1, -0.05) is 53.5 Å². The van der Waals surface area contributed by atoms with Gasteiger partial charge in [-0.15, -0.1) is 0 Å². The zero-order chi connectivity index (χ0) is 22.0. The molecule has 4 rings (SSSR count). The Kier molecular flexibility index (Phi) is 5.91. The lowest BCUT2D eigenvalue weighted by atomic mass is 10.2. The smallest absolute Gasteiger partial charge is 0.340 e. The number of hydrogen-bond donors (Lipinski definition) is 0. The van der Waals surface area contributed by atoms with Gasteiger partial charge in [-0.2, -0.15) is 18.2 Å². The van der Waals surface area contributed by atoms with Crippen LogP contribution in [0.5, 0.6) is 11.6 Å². The van der Waals surface area contributed by atoms with Crippen molar-refractivity contribution in [2.45, 2.75) is 4.90 Å². The van der Waals surface area contributed by atoms with E-state index in [4.69, 9.17) is 32.1 Å². The van der Waals surface area contributed by atoms with Crippen LogP contribution in [0.1, 0.15) is 0 Å². The van der Waals surface area contributed by atoms with Gasteiger partial charge in [0.05, 0.1) is 28.5 Å². The predicted octanol–water partition coefficient (Wildman–Crippen LogP) is 5.62. The first-order valence-electron chi connectivity index (χ1n) is 9.07. The minimum atomic E-state index is -4.13. The zero-order valence-corrected chi connectivity index (χ0v) is 18.5. The summed E-state index contributed by atoms with van der Waals surface area (Å²) in [5.74, 6) is 0.541. The van der Waals surface area contributed by atoms with Crippen molar-refractivity contribution in [1.82, 2.24) is 9.78 Å². The van der Waals surface area contributed by atoms with Gasteiger partial charge in [0, 0.05) is 11.6 Å². The van der Waals surface area contributed by atoms with Crippen molar-refractivity contribution in [2.24, 2.45) is 0 Å². The largest absolute Gasteiger partial charge is 0.497 e. The van der Waals surface area contributed by atoms with Gasteiger partial charge in [0.15, 0.2) is 0 Å². The SMILES string of the molecule is COc1ccc(S(=O)(=O)Oc2cc(-c3ccccc3)nn2-c2ccc(Cl)c(Cl)c2)cc1. The molecular weight excluding hydrogens is 459 g/mol. The molecule has 9 heteroatoms. The van der Waals surface area contributed by atoms with E-state index in [1.165, 1.54) is 23.9 Å². The van der Waals surface area contributed by atoms with Crippen LogP contribution >= 0.6 is 23.2 Å². The van der Waals surface area contributed by atoms with E-state index in [2.05, 4.69) is 5.10 Å². The van der Waals surface area contributed by atoms with Crippen LogP contribution < -0.4 is 8.92 Å². The van der Waals surface area contributed by atoms with E-state index < -0.39 is 10.1 Å².